The fourth-order valence-electron chi connectivity index (χ4n) is 1.78. The van der Waals surface area contributed by atoms with E-state index >= 15 is 0 Å². The summed E-state index contributed by atoms with van der Waals surface area (Å²) in [5.74, 6) is 1.65. The molecular formula is C16H21N3OS. The van der Waals surface area contributed by atoms with Crippen molar-refractivity contribution in [3.05, 3.63) is 47.9 Å². The van der Waals surface area contributed by atoms with Crippen molar-refractivity contribution < 1.29 is 4.42 Å². The third kappa shape index (κ3) is 4.72. The van der Waals surface area contributed by atoms with E-state index in [0.29, 0.717) is 17.0 Å². The van der Waals surface area contributed by atoms with Crippen LogP contribution in [0.25, 0.3) is 6.08 Å². The van der Waals surface area contributed by atoms with E-state index < -0.39 is 0 Å². The SMILES string of the molecule is CCC(C)C(N)c1nnc(SCC=Cc2ccccc2)o1. The van der Waals surface area contributed by atoms with Crippen LogP contribution >= 0.6 is 11.8 Å². The van der Waals surface area contributed by atoms with Crippen molar-refractivity contribution in [3.8, 4) is 0 Å². The lowest BCUT2D eigenvalue weighted by Gasteiger charge is -2.13. The molecule has 2 aromatic rings. The Morgan fingerprint density at radius 1 is 1.29 bits per heavy atom. The van der Waals surface area contributed by atoms with Crippen LogP contribution in [0.4, 0.5) is 0 Å². The summed E-state index contributed by atoms with van der Waals surface area (Å²) >= 11 is 1.51. The van der Waals surface area contributed by atoms with Gasteiger partial charge in [0.2, 0.25) is 5.89 Å². The molecule has 0 fully saturated rings. The molecular weight excluding hydrogens is 282 g/mol. The second-order valence-electron chi connectivity index (χ2n) is 4.94. The van der Waals surface area contributed by atoms with E-state index in [0.717, 1.165) is 12.2 Å². The average molecular weight is 303 g/mol. The number of hydrogen-bond acceptors (Lipinski definition) is 5. The molecule has 5 heteroatoms. The Balaban J connectivity index is 1.84. The quantitative estimate of drug-likeness (QED) is 0.785. The van der Waals surface area contributed by atoms with Gasteiger partial charge >= 0.3 is 0 Å². The molecule has 0 aliphatic rings. The van der Waals surface area contributed by atoms with E-state index in [1.807, 2.05) is 18.2 Å². The maximum absolute atomic E-state index is 6.07. The highest BCUT2D eigenvalue weighted by Crippen LogP contribution is 2.24. The second-order valence-corrected chi connectivity index (χ2v) is 5.91. The van der Waals surface area contributed by atoms with E-state index in [2.05, 4.69) is 48.3 Å². The van der Waals surface area contributed by atoms with Gasteiger partial charge in [-0.3, -0.25) is 0 Å². The minimum atomic E-state index is -0.184. The van der Waals surface area contributed by atoms with Gasteiger partial charge in [0.05, 0.1) is 6.04 Å². The molecule has 1 aromatic heterocycles. The highest BCUT2D eigenvalue weighted by Gasteiger charge is 2.19. The van der Waals surface area contributed by atoms with Crippen molar-refractivity contribution >= 4 is 17.8 Å². The van der Waals surface area contributed by atoms with Crippen LogP contribution in [0.15, 0.2) is 46.0 Å². The van der Waals surface area contributed by atoms with Crippen LogP contribution in [-0.2, 0) is 0 Å². The molecule has 0 aliphatic heterocycles. The molecule has 0 spiro atoms. The zero-order valence-corrected chi connectivity index (χ0v) is 13.2. The molecule has 21 heavy (non-hydrogen) atoms. The number of hydrogen-bond donors (Lipinski definition) is 1. The molecule has 0 bridgehead atoms. The first-order valence-electron chi connectivity index (χ1n) is 7.14. The summed E-state index contributed by atoms with van der Waals surface area (Å²) in [7, 11) is 0. The van der Waals surface area contributed by atoms with Crippen LogP contribution in [0, 0.1) is 5.92 Å². The van der Waals surface area contributed by atoms with Gasteiger partial charge in [-0.1, -0.05) is 74.5 Å². The summed E-state index contributed by atoms with van der Waals surface area (Å²) in [5, 5.41) is 8.64. The van der Waals surface area contributed by atoms with Crippen LogP contribution in [-0.4, -0.2) is 16.0 Å². The van der Waals surface area contributed by atoms with E-state index in [1.165, 1.54) is 17.3 Å². The van der Waals surface area contributed by atoms with Crippen molar-refractivity contribution in [1.82, 2.24) is 10.2 Å². The van der Waals surface area contributed by atoms with E-state index in [-0.39, 0.29) is 6.04 Å². The second kappa shape index (κ2) is 8.00. The van der Waals surface area contributed by atoms with Gasteiger partial charge in [-0.2, -0.15) is 0 Å². The third-order valence-electron chi connectivity index (χ3n) is 3.38. The van der Waals surface area contributed by atoms with Gasteiger partial charge in [-0.25, -0.2) is 0 Å². The fourth-order valence-corrected chi connectivity index (χ4v) is 2.36. The molecule has 2 rings (SSSR count). The van der Waals surface area contributed by atoms with Crippen LogP contribution in [0.3, 0.4) is 0 Å². The first-order chi connectivity index (χ1) is 10.2. The molecule has 0 aliphatic carbocycles. The number of aromatic nitrogens is 2. The lowest BCUT2D eigenvalue weighted by atomic mass is 10.0. The predicted octanol–water partition coefficient (Wildman–Crippen LogP) is 3.92. The summed E-state index contributed by atoms with van der Waals surface area (Å²) in [6.07, 6.45) is 5.15. The third-order valence-corrected chi connectivity index (χ3v) is 4.15. The molecule has 0 radical (unpaired) electrons. The summed E-state index contributed by atoms with van der Waals surface area (Å²) in [6.45, 7) is 4.19. The van der Waals surface area contributed by atoms with Crippen LogP contribution in [0.1, 0.15) is 37.8 Å². The fraction of sp³-hybridized carbons (Fsp3) is 0.375. The van der Waals surface area contributed by atoms with Gasteiger partial charge in [-0.15, -0.1) is 10.2 Å². The van der Waals surface area contributed by atoms with Gasteiger partial charge in [-0.05, 0) is 11.5 Å². The average Bonchev–Trinajstić information content (AvgIpc) is 3.00. The molecule has 112 valence electrons. The molecule has 4 nitrogen and oxygen atoms in total. The first kappa shape index (κ1) is 15.8. The highest BCUT2D eigenvalue weighted by atomic mass is 32.2. The maximum Gasteiger partial charge on any atom is 0.276 e. The Bertz CT molecular complexity index is 568. The largest absolute Gasteiger partial charge is 0.414 e. The Morgan fingerprint density at radius 3 is 2.76 bits per heavy atom. The smallest absolute Gasteiger partial charge is 0.276 e. The molecule has 0 amide bonds. The van der Waals surface area contributed by atoms with E-state index in [4.69, 9.17) is 10.2 Å². The Morgan fingerprint density at radius 2 is 2.05 bits per heavy atom. The Labute approximate surface area is 129 Å². The van der Waals surface area contributed by atoms with E-state index in [9.17, 15) is 0 Å². The standard InChI is InChI=1S/C16H21N3OS/c1-3-12(2)14(17)15-18-19-16(20-15)21-11-7-10-13-8-5-4-6-9-13/h4-10,12,14H,3,11,17H2,1-2H3. The van der Waals surface area contributed by atoms with Gasteiger partial charge in [0.15, 0.2) is 0 Å². The zero-order chi connectivity index (χ0) is 15.1. The van der Waals surface area contributed by atoms with E-state index in [1.54, 1.807) is 0 Å². The number of rotatable bonds is 7. The van der Waals surface area contributed by atoms with Crippen LogP contribution in [0.5, 0.6) is 0 Å². The van der Waals surface area contributed by atoms with Gasteiger partial charge in [0, 0.05) is 5.75 Å². The minimum Gasteiger partial charge on any atom is -0.414 e. The van der Waals surface area contributed by atoms with Crippen LogP contribution in [0.2, 0.25) is 0 Å². The highest BCUT2D eigenvalue weighted by molar-refractivity contribution is 7.99. The Kier molecular flexibility index (Phi) is 6.02. The lowest BCUT2D eigenvalue weighted by Crippen LogP contribution is -2.18. The van der Waals surface area contributed by atoms with Crippen molar-refractivity contribution in [1.29, 1.82) is 0 Å². The molecule has 2 unspecified atom stereocenters. The van der Waals surface area contributed by atoms with Crippen molar-refractivity contribution in [2.24, 2.45) is 11.7 Å². The molecule has 2 atom stereocenters. The molecule has 1 aromatic carbocycles. The minimum absolute atomic E-state index is 0.184. The predicted molar refractivity (Wildman–Crippen MR) is 86.9 cm³/mol. The molecule has 0 saturated carbocycles. The van der Waals surface area contributed by atoms with Crippen molar-refractivity contribution in [2.75, 3.05) is 5.75 Å². The topological polar surface area (TPSA) is 64.9 Å². The number of nitrogens with zero attached hydrogens (tertiary/aromatic N) is 2. The number of nitrogens with two attached hydrogens (primary N) is 1. The molecule has 1 heterocycles. The monoisotopic (exact) mass is 303 g/mol. The Hall–Kier alpha value is -1.59. The van der Waals surface area contributed by atoms with Crippen molar-refractivity contribution in [2.45, 2.75) is 31.5 Å². The summed E-state index contributed by atoms with van der Waals surface area (Å²) in [6, 6.07) is 10.00. The first-order valence-corrected chi connectivity index (χ1v) is 8.12. The zero-order valence-electron chi connectivity index (χ0n) is 12.4. The maximum atomic E-state index is 6.07. The van der Waals surface area contributed by atoms with Gasteiger partial charge in [0.25, 0.3) is 5.22 Å². The van der Waals surface area contributed by atoms with Crippen molar-refractivity contribution in [3.63, 3.8) is 0 Å². The molecule has 0 saturated heterocycles. The van der Waals surface area contributed by atoms with Gasteiger partial charge in [0.1, 0.15) is 0 Å². The van der Waals surface area contributed by atoms with Gasteiger partial charge < -0.3 is 10.2 Å². The summed E-state index contributed by atoms with van der Waals surface area (Å²) in [4.78, 5) is 0. The normalized spacial score (nSPS) is 14.4. The summed E-state index contributed by atoms with van der Waals surface area (Å²) in [5.41, 5.74) is 7.26. The van der Waals surface area contributed by atoms with Crippen LogP contribution < -0.4 is 5.73 Å². The summed E-state index contributed by atoms with van der Waals surface area (Å²) < 4.78 is 5.60. The number of thioether (sulfide) groups is 1. The number of benzene rings is 1. The lowest BCUT2D eigenvalue weighted by molar-refractivity contribution is 0.333. The molecule has 2 N–H and O–H groups in total.